The summed E-state index contributed by atoms with van der Waals surface area (Å²) in [6.07, 6.45) is 0.531. The number of hydrogen-bond donors (Lipinski definition) is 1. The quantitative estimate of drug-likeness (QED) is 0.362. The van der Waals surface area contributed by atoms with E-state index in [-0.39, 0.29) is 5.56 Å². The Morgan fingerprint density at radius 1 is 1.59 bits per heavy atom. The second kappa shape index (κ2) is 6.50. The third kappa shape index (κ3) is 4.12. The van der Waals surface area contributed by atoms with Crippen LogP contribution in [-0.2, 0) is 0 Å². The molecule has 0 aliphatic heterocycles. The molecule has 0 atom stereocenters. The summed E-state index contributed by atoms with van der Waals surface area (Å²) in [6.45, 7) is 2.42. The van der Waals surface area contributed by atoms with Crippen LogP contribution in [0.5, 0.6) is 0 Å². The zero-order valence-corrected chi connectivity index (χ0v) is 9.48. The Kier molecular flexibility index (Phi) is 4.97. The van der Waals surface area contributed by atoms with Crippen LogP contribution >= 0.6 is 0 Å². The molecule has 1 rings (SSSR count). The Labute approximate surface area is 98.3 Å². The molecule has 17 heavy (non-hydrogen) atoms. The van der Waals surface area contributed by atoms with E-state index in [0.29, 0.717) is 19.5 Å². The lowest BCUT2D eigenvalue weighted by atomic mass is 10.1. The minimum absolute atomic E-state index is 0.0272. The number of amides is 1. The van der Waals surface area contributed by atoms with Crippen LogP contribution in [0.4, 0.5) is 4.39 Å². The van der Waals surface area contributed by atoms with Gasteiger partial charge in [-0.2, -0.15) is 0 Å². The third-order valence-electron chi connectivity index (χ3n) is 2.15. The van der Waals surface area contributed by atoms with Crippen LogP contribution in [0.15, 0.2) is 23.3 Å². The molecule has 1 aromatic rings. The van der Waals surface area contributed by atoms with Gasteiger partial charge in [-0.25, -0.2) is 4.39 Å². The van der Waals surface area contributed by atoms with Gasteiger partial charge in [0.1, 0.15) is 5.82 Å². The molecule has 0 unspecified atom stereocenters. The van der Waals surface area contributed by atoms with Crippen LogP contribution in [0.2, 0.25) is 0 Å². The highest BCUT2D eigenvalue weighted by atomic mass is 19.1. The number of rotatable bonds is 5. The molecule has 0 aromatic heterocycles. The van der Waals surface area contributed by atoms with Crippen LogP contribution in [0.3, 0.4) is 0 Å². The van der Waals surface area contributed by atoms with Gasteiger partial charge in [0.05, 0.1) is 5.56 Å². The minimum atomic E-state index is -0.530. The molecule has 0 radical (unpaired) electrons. The number of hydrogen-bond acceptors (Lipinski definition) is 2. The molecule has 0 bridgehead atoms. The molecule has 0 spiro atoms. The number of aryl methyl sites for hydroxylation is 1. The fourth-order valence-corrected chi connectivity index (χ4v) is 1.30. The summed E-state index contributed by atoms with van der Waals surface area (Å²) < 4.78 is 13.4. The molecule has 6 heteroatoms. The van der Waals surface area contributed by atoms with Crippen LogP contribution in [0.25, 0.3) is 10.4 Å². The monoisotopic (exact) mass is 236 g/mol. The van der Waals surface area contributed by atoms with Crippen molar-refractivity contribution in [3.63, 3.8) is 0 Å². The molecule has 5 nitrogen and oxygen atoms in total. The van der Waals surface area contributed by atoms with Crippen LogP contribution in [0.1, 0.15) is 22.3 Å². The van der Waals surface area contributed by atoms with Crippen molar-refractivity contribution < 1.29 is 9.18 Å². The summed E-state index contributed by atoms with van der Waals surface area (Å²) >= 11 is 0. The molecular weight excluding hydrogens is 223 g/mol. The second-order valence-electron chi connectivity index (χ2n) is 3.55. The molecule has 1 aromatic carbocycles. The topological polar surface area (TPSA) is 77.9 Å². The lowest BCUT2D eigenvalue weighted by Gasteiger charge is -2.05. The maximum absolute atomic E-state index is 13.4. The number of nitrogens with zero attached hydrogens (tertiary/aromatic N) is 3. The van der Waals surface area contributed by atoms with Crippen molar-refractivity contribution in [3.05, 3.63) is 45.6 Å². The number of azide groups is 1. The third-order valence-corrected chi connectivity index (χ3v) is 2.15. The number of benzene rings is 1. The highest BCUT2D eigenvalue weighted by Crippen LogP contribution is 2.09. The summed E-state index contributed by atoms with van der Waals surface area (Å²) in [5.74, 6) is -0.985. The predicted molar refractivity (Wildman–Crippen MR) is 62.1 cm³/mol. The van der Waals surface area contributed by atoms with E-state index >= 15 is 0 Å². The zero-order valence-electron chi connectivity index (χ0n) is 9.48. The van der Waals surface area contributed by atoms with Crippen molar-refractivity contribution in [2.45, 2.75) is 13.3 Å². The van der Waals surface area contributed by atoms with E-state index in [9.17, 15) is 9.18 Å². The van der Waals surface area contributed by atoms with Crippen LogP contribution in [-0.4, -0.2) is 19.0 Å². The highest BCUT2D eigenvalue weighted by Gasteiger charge is 2.10. The van der Waals surface area contributed by atoms with Gasteiger partial charge in [0.25, 0.3) is 5.91 Å². The number of carbonyl (C=O) groups excluding carboxylic acids is 1. The van der Waals surface area contributed by atoms with E-state index in [1.54, 1.807) is 13.0 Å². The maximum atomic E-state index is 13.4. The summed E-state index contributed by atoms with van der Waals surface area (Å²) in [5, 5.41) is 5.88. The van der Waals surface area contributed by atoms with Gasteiger partial charge in [-0.15, -0.1) is 0 Å². The van der Waals surface area contributed by atoms with Gasteiger partial charge >= 0.3 is 0 Å². The normalized spacial score (nSPS) is 9.53. The minimum Gasteiger partial charge on any atom is -0.352 e. The molecular formula is C11H13FN4O. The molecule has 1 amide bonds. The first-order valence-electron chi connectivity index (χ1n) is 5.20. The van der Waals surface area contributed by atoms with Gasteiger partial charge in [0.15, 0.2) is 0 Å². The van der Waals surface area contributed by atoms with E-state index in [4.69, 9.17) is 5.53 Å². The molecule has 0 aliphatic rings. The number of halogens is 1. The summed E-state index contributed by atoms with van der Waals surface area (Å²) in [6, 6.07) is 4.44. The van der Waals surface area contributed by atoms with Crippen molar-refractivity contribution in [1.82, 2.24) is 5.32 Å². The Hall–Kier alpha value is -2.07. The van der Waals surface area contributed by atoms with Crippen LogP contribution in [0, 0.1) is 12.7 Å². The van der Waals surface area contributed by atoms with Crippen LogP contribution < -0.4 is 5.32 Å². The first kappa shape index (κ1) is 13.0. The first-order chi connectivity index (χ1) is 8.15. The van der Waals surface area contributed by atoms with Crippen molar-refractivity contribution in [3.8, 4) is 0 Å². The lowest BCUT2D eigenvalue weighted by Crippen LogP contribution is -2.25. The Morgan fingerprint density at radius 2 is 2.35 bits per heavy atom. The van der Waals surface area contributed by atoms with Gasteiger partial charge in [-0.1, -0.05) is 11.2 Å². The Balaban J connectivity index is 2.49. The SMILES string of the molecule is Cc1ccc(C(=O)NCCCN=[N+]=[N-])c(F)c1. The second-order valence-corrected chi connectivity index (χ2v) is 3.55. The average molecular weight is 236 g/mol. The fourth-order valence-electron chi connectivity index (χ4n) is 1.30. The Bertz CT molecular complexity index is 455. The molecule has 90 valence electrons. The van der Waals surface area contributed by atoms with Gasteiger partial charge in [-0.05, 0) is 36.6 Å². The maximum Gasteiger partial charge on any atom is 0.254 e. The zero-order chi connectivity index (χ0) is 12.7. The van der Waals surface area contributed by atoms with E-state index in [2.05, 4.69) is 15.3 Å². The summed E-state index contributed by atoms with van der Waals surface area (Å²) in [7, 11) is 0. The molecule has 0 aliphatic carbocycles. The largest absolute Gasteiger partial charge is 0.352 e. The summed E-state index contributed by atoms with van der Waals surface area (Å²) in [5.41, 5.74) is 8.83. The van der Waals surface area contributed by atoms with Gasteiger partial charge in [-0.3, -0.25) is 4.79 Å². The molecule has 0 heterocycles. The smallest absolute Gasteiger partial charge is 0.254 e. The van der Waals surface area contributed by atoms with Crippen molar-refractivity contribution >= 4 is 5.91 Å². The molecule has 1 N–H and O–H groups in total. The lowest BCUT2D eigenvalue weighted by molar-refractivity contribution is 0.0949. The molecule has 0 fully saturated rings. The van der Waals surface area contributed by atoms with E-state index < -0.39 is 11.7 Å². The van der Waals surface area contributed by atoms with Crippen molar-refractivity contribution in [2.24, 2.45) is 5.11 Å². The molecule has 0 saturated heterocycles. The number of carbonyl (C=O) groups is 1. The van der Waals surface area contributed by atoms with Crippen molar-refractivity contribution in [1.29, 1.82) is 0 Å². The van der Waals surface area contributed by atoms with Gasteiger partial charge in [0.2, 0.25) is 0 Å². The van der Waals surface area contributed by atoms with E-state index in [1.807, 2.05) is 0 Å². The average Bonchev–Trinajstić information content (AvgIpc) is 2.28. The first-order valence-corrected chi connectivity index (χ1v) is 5.20. The van der Waals surface area contributed by atoms with E-state index in [0.717, 1.165) is 5.56 Å². The van der Waals surface area contributed by atoms with Crippen molar-refractivity contribution in [2.75, 3.05) is 13.1 Å². The van der Waals surface area contributed by atoms with Gasteiger partial charge in [0, 0.05) is 18.0 Å². The highest BCUT2D eigenvalue weighted by molar-refractivity contribution is 5.94. The molecule has 0 saturated carbocycles. The predicted octanol–water partition coefficient (Wildman–Crippen LogP) is 2.56. The number of nitrogens with one attached hydrogen (secondary N) is 1. The Morgan fingerprint density at radius 3 is 3.00 bits per heavy atom. The standard InChI is InChI=1S/C11H13FN4O/c1-8-3-4-9(10(12)7-8)11(17)14-5-2-6-15-16-13/h3-4,7H,2,5-6H2,1H3,(H,14,17). The summed E-state index contributed by atoms with van der Waals surface area (Å²) in [4.78, 5) is 14.1. The van der Waals surface area contributed by atoms with E-state index in [1.165, 1.54) is 12.1 Å². The fraction of sp³-hybridized carbons (Fsp3) is 0.364. The van der Waals surface area contributed by atoms with Gasteiger partial charge < -0.3 is 5.32 Å².